The standard InChI is InChI=1S/C22H21FN6O2S/c1-14-4-2-7-17-19(14)24-18(25-20(17)30)13-32-22-27-26-21(28-8-10-31-11-9-28)29(22)16-6-3-5-15(23)12-16/h2-7,12H,8-11,13H2,1H3,(H,24,25,30). The minimum atomic E-state index is -0.337. The second kappa shape index (κ2) is 8.71. The molecule has 32 heavy (non-hydrogen) atoms. The van der Waals surface area contributed by atoms with E-state index in [4.69, 9.17) is 4.74 Å². The lowest BCUT2D eigenvalue weighted by Gasteiger charge is -2.27. The van der Waals surface area contributed by atoms with Gasteiger partial charge in [0.1, 0.15) is 11.6 Å². The minimum absolute atomic E-state index is 0.171. The number of fused-ring (bicyclic) bond motifs is 1. The molecular weight excluding hydrogens is 431 g/mol. The van der Waals surface area contributed by atoms with Crippen LogP contribution in [0.15, 0.2) is 52.4 Å². The van der Waals surface area contributed by atoms with Crippen LogP contribution in [0.25, 0.3) is 16.6 Å². The first kappa shape index (κ1) is 20.7. The molecule has 5 rings (SSSR count). The molecule has 1 fully saturated rings. The zero-order valence-corrected chi connectivity index (χ0v) is 18.2. The Kier molecular flexibility index (Phi) is 5.62. The highest BCUT2D eigenvalue weighted by Gasteiger charge is 2.22. The van der Waals surface area contributed by atoms with Gasteiger partial charge >= 0.3 is 0 Å². The molecule has 3 heterocycles. The molecule has 8 nitrogen and oxygen atoms in total. The van der Waals surface area contributed by atoms with Crippen molar-refractivity contribution in [2.75, 3.05) is 31.2 Å². The van der Waals surface area contributed by atoms with E-state index < -0.39 is 0 Å². The number of hydrogen-bond donors (Lipinski definition) is 1. The lowest BCUT2D eigenvalue weighted by atomic mass is 10.1. The normalized spacial score (nSPS) is 14.2. The summed E-state index contributed by atoms with van der Waals surface area (Å²) < 4.78 is 21.3. The van der Waals surface area contributed by atoms with Gasteiger partial charge in [-0.25, -0.2) is 9.37 Å². The van der Waals surface area contributed by atoms with Gasteiger partial charge in [-0.05, 0) is 36.8 Å². The quantitative estimate of drug-likeness (QED) is 0.466. The Balaban J connectivity index is 1.50. The summed E-state index contributed by atoms with van der Waals surface area (Å²) in [7, 11) is 0. The van der Waals surface area contributed by atoms with Gasteiger partial charge in [-0.15, -0.1) is 10.2 Å². The van der Waals surface area contributed by atoms with Crippen LogP contribution in [-0.4, -0.2) is 51.0 Å². The lowest BCUT2D eigenvalue weighted by molar-refractivity contribution is 0.122. The topological polar surface area (TPSA) is 88.9 Å². The number of aryl methyl sites for hydroxylation is 1. The fourth-order valence-electron chi connectivity index (χ4n) is 3.72. The van der Waals surface area contributed by atoms with Crippen molar-refractivity contribution in [3.05, 3.63) is 70.0 Å². The highest BCUT2D eigenvalue weighted by Crippen LogP contribution is 2.29. The van der Waals surface area contributed by atoms with Gasteiger partial charge < -0.3 is 14.6 Å². The number of benzene rings is 2. The summed E-state index contributed by atoms with van der Waals surface area (Å²) in [6, 6.07) is 11.9. The van der Waals surface area contributed by atoms with Crippen LogP contribution < -0.4 is 10.5 Å². The van der Waals surface area contributed by atoms with Crippen molar-refractivity contribution in [2.24, 2.45) is 0 Å². The number of hydrogen-bond acceptors (Lipinski definition) is 7. The van der Waals surface area contributed by atoms with Gasteiger partial charge in [0, 0.05) is 13.1 Å². The van der Waals surface area contributed by atoms with Gasteiger partial charge in [0.25, 0.3) is 5.56 Å². The van der Waals surface area contributed by atoms with Gasteiger partial charge in [-0.1, -0.05) is 30.0 Å². The molecule has 2 aromatic carbocycles. The van der Waals surface area contributed by atoms with Crippen molar-refractivity contribution in [1.82, 2.24) is 24.7 Å². The largest absolute Gasteiger partial charge is 0.378 e. The Morgan fingerprint density at radius 1 is 1.16 bits per heavy atom. The Labute approximate surface area is 187 Å². The number of thioether (sulfide) groups is 1. The number of ether oxygens (including phenoxy) is 1. The SMILES string of the molecule is Cc1cccc2c(=O)[nH]c(CSc3nnc(N4CCOCC4)n3-c3cccc(F)c3)nc12. The Morgan fingerprint density at radius 3 is 2.78 bits per heavy atom. The maximum Gasteiger partial charge on any atom is 0.258 e. The van der Waals surface area contributed by atoms with E-state index in [1.807, 2.05) is 29.7 Å². The molecule has 164 valence electrons. The van der Waals surface area contributed by atoms with Gasteiger partial charge in [-0.2, -0.15) is 0 Å². The molecule has 0 bridgehead atoms. The summed E-state index contributed by atoms with van der Waals surface area (Å²) >= 11 is 1.39. The molecule has 0 spiro atoms. The van der Waals surface area contributed by atoms with Crippen molar-refractivity contribution >= 4 is 28.6 Å². The molecule has 0 amide bonds. The van der Waals surface area contributed by atoms with Crippen LogP contribution in [-0.2, 0) is 10.5 Å². The lowest BCUT2D eigenvalue weighted by Crippen LogP contribution is -2.37. The van der Waals surface area contributed by atoms with Crippen LogP contribution in [0, 0.1) is 12.7 Å². The molecule has 0 saturated carbocycles. The first-order chi connectivity index (χ1) is 15.6. The summed E-state index contributed by atoms with van der Waals surface area (Å²) in [5.74, 6) is 1.23. The molecular formula is C22H21FN6O2S. The predicted octanol–water partition coefficient (Wildman–Crippen LogP) is 3.08. The summed E-state index contributed by atoms with van der Waals surface area (Å²) in [5, 5.41) is 9.91. The van der Waals surface area contributed by atoms with Crippen molar-refractivity contribution in [2.45, 2.75) is 17.8 Å². The third-order valence-electron chi connectivity index (χ3n) is 5.30. The number of aromatic amines is 1. The molecule has 10 heteroatoms. The van der Waals surface area contributed by atoms with E-state index in [0.717, 1.165) is 5.56 Å². The number of nitrogens with one attached hydrogen (secondary N) is 1. The van der Waals surface area contributed by atoms with Crippen LogP contribution in [0.4, 0.5) is 10.3 Å². The Morgan fingerprint density at radius 2 is 1.97 bits per heavy atom. The maximum absolute atomic E-state index is 14.0. The number of rotatable bonds is 5. The van der Waals surface area contributed by atoms with Gasteiger partial charge in [0.2, 0.25) is 5.95 Å². The van der Waals surface area contributed by atoms with Crippen LogP contribution >= 0.6 is 11.8 Å². The average Bonchev–Trinajstić information content (AvgIpc) is 3.23. The molecule has 0 atom stereocenters. The van der Waals surface area contributed by atoms with Crippen molar-refractivity contribution < 1.29 is 9.13 Å². The van der Waals surface area contributed by atoms with Gasteiger partial charge in [-0.3, -0.25) is 9.36 Å². The van der Waals surface area contributed by atoms with E-state index in [2.05, 4.69) is 25.1 Å². The smallest absolute Gasteiger partial charge is 0.258 e. The fraction of sp³-hybridized carbons (Fsp3) is 0.273. The zero-order valence-electron chi connectivity index (χ0n) is 17.4. The van der Waals surface area contributed by atoms with E-state index in [-0.39, 0.29) is 11.4 Å². The number of morpholine rings is 1. The molecule has 0 aliphatic carbocycles. The summed E-state index contributed by atoms with van der Waals surface area (Å²) in [4.78, 5) is 22.1. The number of aromatic nitrogens is 5. The molecule has 1 N–H and O–H groups in total. The summed E-state index contributed by atoms with van der Waals surface area (Å²) in [6.45, 7) is 4.48. The Hall–Kier alpha value is -3.24. The number of halogens is 1. The zero-order chi connectivity index (χ0) is 22.1. The number of anilines is 1. The minimum Gasteiger partial charge on any atom is -0.378 e. The number of para-hydroxylation sites is 1. The molecule has 1 aliphatic rings. The Bertz CT molecular complexity index is 1330. The van der Waals surface area contributed by atoms with E-state index in [9.17, 15) is 9.18 Å². The monoisotopic (exact) mass is 452 g/mol. The van der Waals surface area contributed by atoms with E-state index in [1.54, 1.807) is 12.1 Å². The summed E-state index contributed by atoms with van der Waals surface area (Å²) in [6.07, 6.45) is 0. The van der Waals surface area contributed by atoms with Gasteiger partial charge in [0.15, 0.2) is 5.16 Å². The van der Waals surface area contributed by atoms with Crippen molar-refractivity contribution in [3.63, 3.8) is 0 Å². The van der Waals surface area contributed by atoms with Crippen LogP contribution in [0.1, 0.15) is 11.4 Å². The predicted molar refractivity (Wildman–Crippen MR) is 121 cm³/mol. The highest BCUT2D eigenvalue weighted by atomic mass is 32.2. The third kappa shape index (κ3) is 3.98. The summed E-state index contributed by atoms with van der Waals surface area (Å²) in [5.41, 5.74) is 2.09. The number of H-pyrrole nitrogens is 1. The second-order valence-electron chi connectivity index (χ2n) is 7.47. The molecule has 2 aromatic heterocycles. The molecule has 4 aromatic rings. The molecule has 1 aliphatic heterocycles. The van der Waals surface area contributed by atoms with Crippen LogP contribution in [0.5, 0.6) is 0 Å². The van der Waals surface area contributed by atoms with Crippen LogP contribution in [0.3, 0.4) is 0 Å². The van der Waals surface area contributed by atoms with Crippen molar-refractivity contribution in [3.8, 4) is 5.69 Å². The molecule has 0 unspecified atom stereocenters. The van der Waals surface area contributed by atoms with Crippen molar-refractivity contribution in [1.29, 1.82) is 0 Å². The third-order valence-corrected chi connectivity index (χ3v) is 6.24. The highest BCUT2D eigenvalue weighted by molar-refractivity contribution is 7.98. The second-order valence-corrected chi connectivity index (χ2v) is 8.41. The van der Waals surface area contributed by atoms with E-state index in [0.29, 0.717) is 65.6 Å². The average molecular weight is 453 g/mol. The maximum atomic E-state index is 14.0. The first-order valence-electron chi connectivity index (χ1n) is 10.3. The molecule has 1 saturated heterocycles. The fourth-order valence-corrected chi connectivity index (χ4v) is 4.54. The van der Waals surface area contributed by atoms with E-state index >= 15 is 0 Å². The first-order valence-corrected chi connectivity index (χ1v) is 11.2. The van der Waals surface area contributed by atoms with E-state index in [1.165, 1.54) is 23.9 Å². The molecule has 0 radical (unpaired) electrons. The number of nitrogens with zero attached hydrogens (tertiary/aromatic N) is 5. The van der Waals surface area contributed by atoms with Crippen LogP contribution in [0.2, 0.25) is 0 Å². The van der Waals surface area contributed by atoms with Gasteiger partial charge in [0.05, 0.1) is 35.6 Å².